The summed E-state index contributed by atoms with van der Waals surface area (Å²) in [5.74, 6) is 1.77. The molecule has 158 valence electrons. The van der Waals surface area contributed by atoms with Crippen LogP contribution in [0.25, 0.3) is 11.4 Å². The molecule has 0 atom stereocenters. The van der Waals surface area contributed by atoms with Gasteiger partial charge in [-0.15, -0.1) is 5.10 Å². The van der Waals surface area contributed by atoms with Crippen LogP contribution in [-0.2, 0) is 11.3 Å². The number of hydrogen-bond donors (Lipinski definition) is 1. The van der Waals surface area contributed by atoms with Gasteiger partial charge in [0.05, 0.1) is 14.2 Å². The highest BCUT2D eigenvalue weighted by molar-refractivity contribution is 7.71. The zero-order valence-electron chi connectivity index (χ0n) is 17.1. The van der Waals surface area contributed by atoms with Crippen LogP contribution >= 0.6 is 12.2 Å². The first kappa shape index (κ1) is 20.4. The van der Waals surface area contributed by atoms with Gasteiger partial charge in [-0.05, 0) is 60.7 Å². The van der Waals surface area contributed by atoms with Gasteiger partial charge in [0.25, 0.3) is 0 Å². The Kier molecular flexibility index (Phi) is 5.85. The van der Waals surface area contributed by atoms with Gasteiger partial charge in [-0.1, -0.05) is 12.1 Å². The molecule has 2 heterocycles. The molecule has 4 aromatic rings. The maximum atomic E-state index is 12.6. The number of methoxy groups -OCH3 is 2. The van der Waals surface area contributed by atoms with E-state index in [0.717, 1.165) is 5.56 Å². The van der Waals surface area contributed by atoms with Gasteiger partial charge in [-0.2, -0.15) is 0 Å². The van der Waals surface area contributed by atoms with Gasteiger partial charge in [0, 0.05) is 23.6 Å². The molecule has 1 amide bonds. The summed E-state index contributed by atoms with van der Waals surface area (Å²) in [5.41, 5.74) is 1.48. The maximum absolute atomic E-state index is 12.6. The van der Waals surface area contributed by atoms with Crippen LogP contribution in [0.15, 0.2) is 73.1 Å². The van der Waals surface area contributed by atoms with Gasteiger partial charge in [0.2, 0.25) is 10.7 Å². The van der Waals surface area contributed by atoms with Crippen molar-refractivity contribution in [1.29, 1.82) is 0 Å². The molecule has 31 heavy (non-hydrogen) atoms. The lowest BCUT2D eigenvalue weighted by Crippen LogP contribution is -2.20. The van der Waals surface area contributed by atoms with Crippen molar-refractivity contribution in [2.75, 3.05) is 19.5 Å². The van der Waals surface area contributed by atoms with E-state index in [1.54, 1.807) is 43.2 Å². The Labute approximate surface area is 184 Å². The van der Waals surface area contributed by atoms with Gasteiger partial charge in [0.1, 0.15) is 18.0 Å². The number of anilines is 1. The largest absolute Gasteiger partial charge is 0.497 e. The normalized spacial score (nSPS) is 10.6. The van der Waals surface area contributed by atoms with Crippen molar-refractivity contribution in [2.24, 2.45) is 0 Å². The van der Waals surface area contributed by atoms with E-state index in [1.807, 2.05) is 53.5 Å². The third kappa shape index (κ3) is 4.36. The Balaban J connectivity index is 1.66. The summed E-state index contributed by atoms with van der Waals surface area (Å²) in [6.45, 7) is -0.0316. The topological polar surface area (TPSA) is 75.2 Å². The van der Waals surface area contributed by atoms with E-state index < -0.39 is 0 Å². The maximum Gasteiger partial charge on any atom is 0.246 e. The third-order valence-corrected chi connectivity index (χ3v) is 5.02. The number of carbonyl (C=O) groups excluding carboxylic acids is 1. The molecule has 0 saturated heterocycles. The van der Waals surface area contributed by atoms with Crippen molar-refractivity contribution >= 4 is 23.8 Å². The first-order chi connectivity index (χ1) is 15.1. The minimum atomic E-state index is -0.240. The lowest BCUT2D eigenvalue weighted by molar-refractivity contribution is -0.116. The summed E-state index contributed by atoms with van der Waals surface area (Å²) in [6, 6.07) is 18.4. The second kappa shape index (κ2) is 8.88. The molecule has 0 bridgehead atoms. The van der Waals surface area contributed by atoms with Crippen LogP contribution in [0, 0.1) is 4.77 Å². The van der Waals surface area contributed by atoms with Gasteiger partial charge < -0.3 is 14.8 Å². The van der Waals surface area contributed by atoms with Crippen LogP contribution in [0.4, 0.5) is 5.69 Å². The van der Waals surface area contributed by atoms with Crippen LogP contribution in [-0.4, -0.2) is 39.3 Å². The first-order valence-corrected chi connectivity index (χ1v) is 9.91. The van der Waals surface area contributed by atoms with E-state index in [4.69, 9.17) is 21.7 Å². The highest BCUT2D eigenvalue weighted by atomic mass is 32.1. The van der Waals surface area contributed by atoms with Crippen molar-refractivity contribution in [2.45, 2.75) is 6.54 Å². The molecule has 2 aromatic carbocycles. The molecule has 0 unspecified atom stereocenters. The SMILES string of the molecule is COc1ccc(NC(=O)Cn2nc(-c3cccc(OC)c3)n(-n3cccc3)c2=S)cc1. The van der Waals surface area contributed by atoms with Crippen molar-refractivity contribution < 1.29 is 14.3 Å². The van der Waals surface area contributed by atoms with Crippen molar-refractivity contribution in [3.63, 3.8) is 0 Å². The average Bonchev–Trinajstić information content (AvgIpc) is 3.42. The van der Waals surface area contributed by atoms with Crippen molar-refractivity contribution in [3.8, 4) is 22.9 Å². The number of ether oxygens (including phenoxy) is 2. The van der Waals surface area contributed by atoms with Crippen LogP contribution in [0.5, 0.6) is 11.5 Å². The molecule has 1 N–H and O–H groups in total. The molecular weight excluding hydrogens is 414 g/mol. The fraction of sp³-hybridized carbons (Fsp3) is 0.136. The quantitative estimate of drug-likeness (QED) is 0.446. The summed E-state index contributed by atoms with van der Waals surface area (Å²) >= 11 is 5.65. The smallest absolute Gasteiger partial charge is 0.246 e. The van der Waals surface area contributed by atoms with Gasteiger partial charge in [-0.25, -0.2) is 9.36 Å². The molecule has 0 radical (unpaired) electrons. The van der Waals surface area contributed by atoms with E-state index in [1.165, 1.54) is 4.68 Å². The molecule has 0 fully saturated rings. The molecule has 8 nitrogen and oxygen atoms in total. The highest BCUT2D eigenvalue weighted by Gasteiger charge is 2.16. The summed E-state index contributed by atoms with van der Waals surface area (Å²) in [5, 5.41) is 7.49. The number of amides is 1. The summed E-state index contributed by atoms with van der Waals surface area (Å²) < 4.78 is 16.0. The van der Waals surface area contributed by atoms with Crippen LogP contribution in [0.1, 0.15) is 0 Å². The number of rotatable bonds is 7. The Hall–Kier alpha value is -3.85. The summed E-state index contributed by atoms with van der Waals surface area (Å²) in [7, 11) is 3.20. The molecule has 0 aliphatic rings. The second-order valence-corrected chi connectivity index (χ2v) is 7.01. The summed E-state index contributed by atoms with van der Waals surface area (Å²) in [6.07, 6.45) is 3.73. The minimum Gasteiger partial charge on any atom is -0.497 e. The molecule has 0 aliphatic heterocycles. The average molecular weight is 436 g/mol. The zero-order chi connectivity index (χ0) is 21.8. The zero-order valence-corrected chi connectivity index (χ0v) is 17.9. The molecule has 0 saturated carbocycles. The molecule has 0 aliphatic carbocycles. The fourth-order valence-corrected chi connectivity index (χ4v) is 3.41. The minimum absolute atomic E-state index is 0.0316. The third-order valence-electron chi connectivity index (χ3n) is 4.63. The predicted molar refractivity (Wildman–Crippen MR) is 120 cm³/mol. The van der Waals surface area contributed by atoms with E-state index in [9.17, 15) is 4.79 Å². The Morgan fingerprint density at radius 3 is 2.39 bits per heavy atom. The predicted octanol–water partition coefficient (Wildman–Crippen LogP) is 3.85. The monoisotopic (exact) mass is 435 g/mol. The van der Waals surface area contributed by atoms with E-state index in [2.05, 4.69) is 10.4 Å². The van der Waals surface area contributed by atoms with Crippen LogP contribution in [0.3, 0.4) is 0 Å². The van der Waals surface area contributed by atoms with Crippen molar-refractivity contribution in [1.82, 2.24) is 19.1 Å². The number of nitrogens with one attached hydrogen (secondary N) is 1. The molecule has 2 aromatic heterocycles. The molecular formula is C22H21N5O3S. The van der Waals surface area contributed by atoms with Gasteiger partial charge in [-0.3, -0.25) is 9.47 Å². The number of nitrogens with zero attached hydrogens (tertiary/aromatic N) is 4. The lowest BCUT2D eigenvalue weighted by atomic mass is 10.2. The lowest BCUT2D eigenvalue weighted by Gasteiger charge is -2.08. The van der Waals surface area contributed by atoms with Gasteiger partial charge >= 0.3 is 0 Å². The Morgan fingerprint density at radius 2 is 1.71 bits per heavy atom. The first-order valence-electron chi connectivity index (χ1n) is 9.51. The fourth-order valence-electron chi connectivity index (χ4n) is 3.12. The van der Waals surface area contributed by atoms with Gasteiger partial charge in [0.15, 0.2) is 5.82 Å². The number of hydrogen-bond acceptors (Lipinski definition) is 5. The van der Waals surface area contributed by atoms with Crippen molar-refractivity contribution in [3.05, 3.63) is 77.8 Å². The van der Waals surface area contributed by atoms with E-state index in [0.29, 0.717) is 27.8 Å². The number of aromatic nitrogens is 4. The van der Waals surface area contributed by atoms with E-state index in [-0.39, 0.29) is 12.5 Å². The van der Waals surface area contributed by atoms with Crippen LogP contribution < -0.4 is 14.8 Å². The number of carbonyl (C=O) groups is 1. The van der Waals surface area contributed by atoms with Crippen LogP contribution in [0.2, 0.25) is 0 Å². The summed E-state index contributed by atoms with van der Waals surface area (Å²) in [4.78, 5) is 12.6. The molecule has 0 spiro atoms. The second-order valence-electron chi connectivity index (χ2n) is 6.65. The Bertz CT molecular complexity index is 1240. The standard InChI is InChI=1S/C22H21N5O3S/c1-29-18-10-8-17(9-11-18)23-20(28)15-26-22(31)27(25-12-3-4-13-25)21(24-26)16-6-5-7-19(14-16)30-2/h3-14H,15H2,1-2H3,(H,23,28). The highest BCUT2D eigenvalue weighted by Crippen LogP contribution is 2.23. The molecule has 4 rings (SSSR count). The van der Waals surface area contributed by atoms with E-state index >= 15 is 0 Å². The Morgan fingerprint density at radius 1 is 1.00 bits per heavy atom. The molecule has 9 heteroatoms. The number of benzene rings is 2.